The summed E-state index contributed by atoms with van der Waals surface area (Å²) in [5, 5.41) is 12.0. The largest absolute Gasteiger partial charge is 0.497 e. The van der Waals surface area contributed by atoms with E-state index in [2.05, 4.69) is 38.1 Å². The van der Waals surface area contributed by atoms with E-state index >= 15 is 0 Å². The smallest absolute Gasteiger partial charge is 0.216 e. The van der Waals surface area contributed by atoms with Crippen molar-refractivity contribution in [3.8, 4) is 11.4 Å². The maximum absolute atomic E-state index is 12.6. The number of aromatic nitrogens is 3. The summed E-state index contributed by atoms with van der Waals surface area (Å²) in [5.74, 6) is 1.58. The minimum Gasteiger partial charge on any atom is -0.497 e. The summed E-state index contributed by atoms with van der Waals surface area (Å²) in [4.78, 5) is 23.8. The fraction of sp³-hybridized carbons (Fsp3) is 0.238. The van der Waals surface area contributed by atoms with Crippen molar-refractivity contribution in [2.24, 2.45) is 0 Å². The molecule has 0 aliphatic heterocycles. The Morgan fingerprint density at radius 3 is 2.63 bits per heavy atom. The first-order valence-corrected chi connectivity index (χ1v) is 11.3. The topological polar surface area (TPSA) is 86.1 Å². The summed E-state index contributed by atoms with van der Waals surface area (Å²) in [6, 6.07) is 15.0. The second kappa shape index (κ2) is 10.6. The van der Waals surface area contributed by atoms with Gasteiger partial charge in [-0.2, -0.15) is 0 Å². The number of ketones is 1. The van der Waals surface area contributed by atoms with Gasteiger partial charge in [0.1, 0.15) is 11.6 Å². The van der Waals surface area contributed by atoms with Gasteiger partial charge in [0.15, 0.2) is 10.9 Å². The van der Waals surface area contributed by atoms with E-state index in [1.54, 1.807) is 7.11 Å². The molecule has 156 valence electrons. The number of ether oxygens (including phenoxy) is 1. The van der Waals surface area contributed by atoms with Gasteiger partial charge in [-0.1, -0.05) is 30.0 Å². The van der Waals surface area contributed by atoms with Crippen LogP contribution < -0.4 is 10.1 Å². The standard InChI is InChI=1S/C21H21IN4O3S/c1-14(27)23-11-10-20-24-25-21(26(20)17-4-3-5-18(12-17)29-2)30-13-19(28)15-6-8-16(22)9-7-15/h3-9,12H,10-11,13H2,1-2H3,(H,23,27). The van der Waals surface area contributed by atoms with Crippen LogP contribution in [0.3, 0.4) is 0 Å². The van der Waals surface area contributed by atoms with Crippen molar-refractivity contribution >= 4 is 46.0 Å². The summed E-state index contributed by atoms with van der Waals surface area (Å²) in [6.07, 6.45) is 0.509. The van der Waals surface area contributed by atoms with E-state index in [-0.39, 0.29) is 17.4 Å². The number of methoxy groups -OCH3 is 1. The third kappa shape index (κ3) is 5.82. The maximum Gasteiger partial charge on any atom is 0.216 e. The molecule has 0 unspecified atom stereocenters. The van der Waals surface area contributed by atoms with Crippen LogP contribution in [0.4, 0.5) is 0 Å². The van der Waals surface area contributed by atoms with Gasteiger partial charge in [0.2, 0.25) is 5.91 Å². The van der Waals surface area contributed by atoms with E-state index in [1.807, 2.05) is 53.1 Å². The highest BCUT2D eigenvalue weighted by Crippen LogP contribution is 2.25. The first kappa shape index (κ1) is 22.3. The van der Waals surface area contributed by atoms with Gasteiger partial charge in [0.25, 0.3) is 0 Å². The van der Waals surface area contributed by atoms with E-state index in [0.717, 1.165) is 9.26 Å². The first-order chi connectivity index (χ1) is 14.5. The number of carbonyl (C=O) groups excluding carboxylic acids is 2. The monoisotopic (exact) mass is 536 g/mol. The Hall–Kier alpha value is -2.40. The summed E-state index contributed by atoms with van der Waals surface area (Å²) in [5.41, 5.74) is 1.50. The molecule has 7 nitrogen and oxygen atoms in total. The lowest BCUT2D eigenvalue weighted by Crippen LogP contribution is -2.23. The van der Waals surface area contributed by atoms with Crippen LogP contribution in [0.2, 0.25) is 0 Å². The molecule has 0 atom stereocenters. The Kier molecular flexibility index (Phi) is 7.86. The fourth-order valence-corrected chi connectivity index (χ4v) is 3.99. The Bertz CT molecular complexity index is 1040. The number of carbonyl (C=O) groups is 2. The fourth-order valence-electron chi connectivity index (χ4n) is 2.76. The molecule has 0 spiro atoms. The van der Waals surface area contributed by atoms with Crippen molar-refractivity contribution in [2.75, 3.05) is 19.4 Å². The molecule has 1 aromatic heterocycles. The Labute approximate surface area is 192 Å². The number of thioether (sulfide) groups is 1. The van der Waals surface area contributed by atoms with Crippen LogP contribution in [-0.4, -0.2) is 45.9 Å². The molecule has 9 heteroatoms. The summed E-state index contributed by atoms with van der Waals surface area (Å²) >= 11 is 3.54. The minimum atomic E-state index is -0.0971. The number of Topliss-reactive ketones (excluding diaryl/α,β-unsaturated/α-hetero) is 1. The van der Waals surface area contributed by atoms with Crippen molar-refractivity contribution in [1.29, 1.82) is 0 Å². The number of hydrogen-bond donors (Lipinski definition) is 1. The number of amides is 1. The molecular weight excluding hydrogens is 515 g/mol. The van der Waals surface area contributed by atoms with Crippen LogP contribution in [0.15, 0.2) is 53.7 Å². The molecule has 1 N–H and O–H groups in total. The highest BCUT2D eigenvalue weighted by molar-refractivity contribution is 14.1. The lowest BCUT2D eigenvalue weighted by molar-refractivity contribution is -0.118. The molecule has 1 amide bonds. The minimum absolute atomic E-state index is 0.0244. The number of benzene rings is 2. The normalized spacial score (nSPS) is 10.6. The van der Waals surface area contributed by atoms with Crippen LogP contribution in [-0.2, 0) is 11.2 Å². The first-order valence-electron chi connectivity index (χ1n) is 9.22. The number of nitrogens with zero attached hydrogens (tertiary/aromatic N) is 3. The average Bonchev–Trinajstić information content (AvgIpc) is 3.15. The lowest BCUT2D eigenvalue weighted by Gasteiger charge is -2.11. The number of rotatable bonds is 9. The zero-order valence-electron chi connectivity index (χ0n) is 16.6. The lowest BCUT2D eigenvalue weighted by atomic mass is 10.2. The molecule has 3 rings (SSSR count). The van der Waals surface area contributed by atoms with Crippen molar-refractivity contribution < 1.29 is 14.3 Å². The molecule has 0 aliphatic carbocycles. The van der Waals surface area contributed by atoms with Gasteiger partial charge in [-0.3, -0.25) is 14.2 Å². The Balaban J connectivity index is 1.83. The molecule has 0 radical (unpaired) electrons. The van der Waals surface area contributed by atoms with E-state index < -0.39 is 0 Å². The highest BCUT2D eigenvalue weighted by atomic mass is 127. The predicted octanol–water partition coefficient (Wildman–Crippen LogP) is 3.53. The van der Waals surface area contributed by atoms with Crippen molar-refractivity contribution in [2.45, 2.75) is 18.5 Å². The van der Waals surface area contributed by atoms with E-state index in [0.29, 0.717) is 35.3 Å². The molecule has 1 heterocycles. The molecule has 0 aliphatic rings. The summed E-state index contributed by atoms with van der Waals surface area (Å²) in [6.45, 7) is 1.92. The Morgan fingerprint density at radius 1 is 1.17 bits per heavy atom. The van der Waals surface area contributed by atoms with Gasteiger partial charge in [-0.15, -0.1) is 10.2 Å². The van der Waals surface area contributed by atoms with E-state index in [9.17, 15) is 9.59 Å². The number of halogens is 1. The molecule has 0 bridgehead atoms. The summed E-state index contributed by atoms with van der Waals surface area (Å²) in [7, 11) is 1.61. The average molecular weight is 536 g/mol. The quantitative estimate of drug-likeness (QED) is 0.256. The predicted molar refractivity (Wildman–Crippen MR) is 125 cm³/mol. The van der Waals surface area contributed by atoms with Crippen LogP contribution in [0.1, 0.15) is 23.1 Å². The van der Waals surface area contributed by atoms with Gasteiger partial charge in [-0.25, -0.2) is 0 Å². The van der Waals surface area contributed by atoms with Gasteiger partial charge in [0, 0.05) is 35.1 Å². The number of hydrogen-bond acceptors (Lipinski definition) is 6. The number of nitrogens with one attached hydrogen (secondary N) is 1. The van der Waals surface area contributed by atoms with Gasteiger partial charge in [0.05, 0.1) is 18.6 Å². The SMILES string of the molecule is COc1cccc(-n2c(CCNC(C)=O)nnc2SCC(=O)c2ccc(I)cc2)c1. The molecular formula is C21H21IN4O3S. The van der Waals surface area contributed by atoms with Crippen molar-refractivity contribution in [3.05, 3.63) is 63.5 Å². The highest BCUT2D eigenvalue weighted by Gasteiger charge is 2.17. The molecule has 0 saturated heterocycles. The van der Waals surface area contributed by atoms with Gasteiger partial charge >= 0.3 is 0 Å². The zero-order chi connectivity index (χ0) is 21.5. The maximum atomic E-state index is 12.6. The van der Waals surface area contributed by atoms with Crippen molar-refractivity contribution in [1.82, 2.24) is 20.1 Å². The molecule has 0 fully saturated rings. The zero-order valence-corrected chi connectivity index (χ0v) is 19.6. The van der Waals surface area contributed by atoms with Gasteiger partial charge < -0.3 is 10.1 Å². The van der Waals surface area contributed by atoms with Gasteiger partial charge in [-0.05, 0) is 46.9 Å². The summed E-state index contributed by atoms with van der Waals surface area (Å²) < 4.78 is 8.32. The van der Waals surface area contributed by atoms with Crippen LogP contribution in [0.25, 0.3) is 5.69 Å². The second-order valence-corrected chi connectivity index (χ2v) is 8.58. The Morgan fingerprint density at radius 2 is 1.93 bits per heavy atom. The molecule has 0 saturated carbocycles. The molecule has 30 heavy (non-hydrogen) atoms. The van der Waals surface area contributed by atoms with Crippen molar-refractivity contribution in [3.63, 3.8) is 0 Å². The van der Waals surface area contributed by atoms with E-state index in [4.69, 9.17) is 4.74 Å². The van der Waals surface area contributed by atoms with Crippen LogP contribution >= 0.6 is 34.4 Å². The van der Waals surface area contributed by atoms with Crippen LogP contribution in [0, 0.1) is 3.57 Å². The third-order valence-electron chi connectivity index (χ3n) is 4.23. The third-order valence-corrected chi connectivity index (χ3v) is 5.88. The molecule has 3 aromatic rings. The van der Waals surface area contributed by atoms with E-state index in [1.165, 1.54) is 18.7 Å². The second-order valence-electron chi connectivity index (χ2n) is 6.39. The molecule has 2 aromatic carbocycles. The van der Waals surface area contributed by atoms with Crippen LogP contribution in [0.5, 0.6) is 5.75 Å².